The summed E-state index contributed by atoms with van der Waals surface area (Å²) in [6, 6.07) is 13.7. The van der Waals surface area contributed by atoms with E-state index in [1.165, 1.54) is 0 Å². The molecule has 4 aromatic carbocycles. The SMILES string of the molecule is C.CO[C@H]1/C=C/C[C@@]2(C)Oc3c(C)c(=O)c4c(O)c(c5oc6ccccc6nc5c4c3C2=O)NC(=O)/C(C)=C\C=C\[C@H](C)C2OC(C)(C)O[C@@H]([C@@H](C)[C@H](O)[C@@H]1C)[C@@H]2C.Nc1ccccc1O.[O]=[Mn]=[O]. The number of anilines is 2. The Bertz CT molecular complexity index is 2920. The van der Waals surface area contributed by atoms with Crippen molar-refractivity contribution in [2.45, 2.75) is 112 Å². The Kier molecular flexibility index (Phi) is 17.1. The van der Waals surface area contributed by atoms with Crippen molar-refractivity contribution in [3.05, 3.63) is 106 Å². The van der Waals surface area contributed by atoms with Gasteiger partial charge in [-0.25, -0.2) is 4.98 Å². The molecule has 1 fully saturated rings. The van der Waals surface area contributed by atoms with Crippen molar-refractivity contribution >= 4 is 56.0 Å². The van der Waals surface area contributed by atoms with Gasteiger partial charge in [0.15, 0.2) is 33.7 Å². The van der Waals surface area contributed by atoms with E-state index in [-0.39, 0.29) is 99.9 Å². The van der Waals surface area contributed by atoms with Crippen LogP contribution in [-0.4, -0.2) is 74.9 Å². The number of nitrogen functional groups attached to an aromatic ring is 1. The van der Waals surface area contributed by atoms with E-state index in [9.17, 15) is 24.6 Å². The Morgan fingerprint density at radius 1 is 0.884 bits per heavy atom. The summed E-state index contributed by atoms with van der Waals surface area (Å²) in [5.74, 6) is -3.15. The Morgan fingerprint density at radius 2 is 1.52 bits per heavy atom. The number of aromatic hydroxyl groups is 2. The zero-order valence-corrected chi connectivity index (χ0v) is 40.8. The van der Waals surface area contributed by atoms with Gasteiger partial charge in [-0.2, -0.15) is 0 Å². The van der Waals surface area contributed by atoms with Crippen molar-refractivity contribution in [1.29, 1.82) is 0 Å². The van der Waals surface area contributed by atoms with Crippen LogP contribution < -0.4 is 21.2 Å². The van der Waals surface area contributed by atoms with Crippen LogP contribution in [-0.2, 0) is 41.5 Å². The molecule has 1 amide bonds. The molecule has 5 aromatic rings. The minimum absolute atomic E-state index is 0. The molecule has 16 nitrogen and oxygen atoms in total. The first-order valence-electron chi connectivity index (χ1n) is 22.2. The number of nitrogens with one attached hydrogen (secondary N) is 1. The van der Waals surface area contributed by atoms with Gasteiger partial charge in [0, 0.05) is 53.7 Å². The number of phenols is 2. The molecule has 1 saturated heterocycles. The van der Waals surface area contributed by atoms with Crippen molar-refractivity contribution in [3.63, 3.8) is 0 Å². The van der Waals surface area contributed by atoms with Crippen LogP contribution in [0.3, 0.4) is 0 Å². The number of phenolic OH excluding ortho intramolecular Hbond substituents is 2. The normalized spacial score (nSPS) is 28.4. The average molecular weight is 993 g/mol. The van der Waals surface area contributed by atoms with Crippen LogP contribution in [0.4, 0.5) is 11.4 Å². The van der Waals surface area contributed by atoms with Crippen LogP contribution in [0.1, 0.15) is 85.2 Å². The Labute approximate surface area is 407 Å². The third-order valence-electron chi connectivity index (χ3n) is 13.0. The van der Waals surface area contributed by atoms with Crippen molar-refractivity contribution in [1.82, 2.24) is 4.98 Å². The molecule has 371 valence electrons. The third kappa shape index (κ3) is 10.8. The Hall–Kier alpha value is -5.94. The number of benzene rings is 4. The van der Waals surface area contributed by atoms with Crippen molar-refractivity contribution in [2.75, 3.05) is 18.2 Å². The molecule has 4 aliphatic heterocycles. The zero-order chi connectivity index (χ0) is 50.0. The number of ether oxygens (including phenoxy) is 4. The number of rotatable bonds is 1. The topological polar surface area (TPSA) is 247 Å². The van der Waals surface area contributed by atoms with Gasteiger partial charge in [0.1, 0.15) is 28.2 Å². The van der Waals surface area contributed by atoms with Crippen molar-refractivity contribution < 1.29 is 70.8 Å². The molecule has 1 aromatic heterocycles. The summed E-state index contributed by atoms with van der Waals surface area (Å²) in [5.41, 5.74) is 4.90. The van der Waals surface area contributed by atoms with Gasteiger partial charge in [-0.15, -0.1) is 0 Å². The second-order valence-corrected chi connectivity index (χ2v) is 18.5. The predicted molar refractivity (Wildman–Crippen MR) is 258 cm³/mol. The van der Waals surface area contributed by atoms with E-state index in [2.05, 4.69) is 12.2 Å². The first kappa shape index (κ1) is 54.0. The number of fused-ring (bicyclic) bond motifs is 10. The van der Waals surface area contributed by atoms with Gasteiger partial charge >= 0.3 is 22.5 Å². The molecule has 5 heterocycles. The number of aliphatic hydroxyl groups excluding tert-OH is 1. The first-order chi connectivity index (χ1) is 32.1. The Balaban J connectivity index is 0.000000658. The number of aliphatic hydroxyl groups is 1. The van der Waals surface area contributed by atoms with Gasteiger partial charge in [0.2, 0.25) is 5.78 Å². The maximum absolute atomic E-state index is 14.6. The monoisotopic (exact) mass is 992 g/mol. The van der Waals surface area contributed by atoms with E-state index in [0.29, 0.717) is 22.4 Å². The fraction of sp³-hybridized carbons (Fsp3) is 0.423. The number of nitrogens with two attached hydrogens (primary N) is 1. The number of nitrogens with zero attached hydrogens (tertiary/aromatic N) is 1. The number of para-hydroxylation sites is 4. The summed E-state index contributed by atoms with van der Waals surface area (Å²) in [6.45, 7) is 16.5. The van der Waals surface area contributed by atoms with Gasteiger partial charge in [-0.05, 0) is 58.9 Å². The number of hydrogen-bond donors (Lipinski definition) is 5. The second-order valence-electron chi connectivity index (χ2n) is 18.3. The summed E-state index contributed by atoms with van der Waals surface area (Å²) in [5, 5.41) is 35.2. The summed E-state index contributed by atoms with van der Waals surface area (Å²) in [4.78, 5) is 47.6. The van der Waals surface area contributed by atoms with Crippen molar-refractivity contribution in [2.24, 2.45) is 23.7 Å². The Morgan fingerprint density at radius 3 is 2.16 bits per heavy atom. The van der Waals surface area contributed by atoms with Crippen LogP contribution in [0.25, 0.3) is 33.0 Å². The van der Waals surface area contributed by atoms with Crippen LogP contribution in [0.15, 0.2) is 93.7 Å². The fourth-order valence-corrected chi connectivity index (χ4v) is 9.24. The molecule has 0 spiro atoms. The number of aromatic nitrogens is 1. The molecule has 69 heavy (non-hydrogen) atoms. The van der Waals surface area contributed by atoms with E-state index >= 15 is 0 Å². The van der Waals surface area contributed by atoms with Gasteiger partial charge in [0.25, 0.3) is 5.91 Å². The molecular formula is C52H63MnN3O13. The molecule has 9 atom stereocenters. The summed E-state index contributed by atoms with van der Waals surface area (Å²) in [7, 11) is 1.57. The van der Waals surface area contributed by atoms with Crippen LogP contribution >= 0.6 is 0 Å². The summed E-state index contributed by atoms with van der Waals surface area (Å²) >= 11 is -1.44. The molecule has 9 rings (SSSR count). The van der Waals surface area contributed by atoms with E-state index in [1.807, 2.05) is 46.8 Å². The second kappa shape index (κ2) is 21.8. The molecular weight excluding hydrogens is 930 g/mol. The summed E-state index contributed by atoms with van der Waals surface area (Å²) < 4.78 is 48.4. The minimum atomic E-state index is -1.45. The standard InChI is InChI=1S/C45H52N2O10.C6H7NO.CH4.Mn.2O/c1-21-15-13-16-22(2)43(52)47-34-37(50)31-30(33-41(34)54-29-18-12-11-17-27(29)46-33)32-40(25(5)36(31)49)57-45(9,42(32)51)20-14-19-28(53-10)23(3)35(48)24(4)39-26(6)38(21)55-44(7,8)56-39;7-5-3-1-2-4-6(5)8;;;;/h11-19,21,23-24,26,28,35,38-39,48,50H,20H2,1-10H3,(H,47,52);1-4,8H,7H2;1H4;;;/b15-13+,19-14+,22-16-;;;;;/t21-,23+,24-,26+,28-,35+,38?,39-,45+;;;;;/m0...../s1. The molecule has 17 heteroatoms. The molecule has 0 aliphatic carbocycles. The van der Waals surface area contributed by atoms with E-state index < -0.39 is 61.3 Å². The maximum atomic E-state index is 14.6. The molecule has 1 unspecified atom stereocenters. The average Bonchev–Trinajstić information content (AvgIpc) is 3.57. The quantitative estimate of drug-likeness (QED) is 0.0262. The van der Waals surface area contributed by atoms with Gasteiger partial charge in [-0.1, -0.05) is 89.8 Å². The number of ketones is 1. The molecule has 4 aliphatic rings. The molecule has 0 radical (unpaired) electrons. The zero-order valence-electron chi connectivity index (χ0n) is 39.7. The number of carbonyl (C=O) groups excluding carboxylic acids is 2. The van der Waals surface area contributed by atoms with Crippen LogP contribution in [0.5, 0.6) is 17.2 Å². The first-order valence-corrected chi connectivity index (χ1v) is 23.2. The van der Waals surface area contributed by atoms with E-state index in [1.54, 1.807) is 94.6 Å². The van der Waals surface area contributed by atoms with Gasteiger partial charge < -0.3 is 49.7 Å². The van der Waals surface area contributed by atoms with Gasteiger partial charge in [0.05, 0.1) is 41.1 Å². The molecule has 0 saturated carbocycles. The van der Waals surface area contributed by atoms with E-state index in [4.69, 9.17) is 46.9 Å². The van der Waals surface area contributed by atoms with Gasteiger partial charge in [-0.3, -0.25) is 14.4 Å². The molecule has 6 N–H and O–H groups in total. The summed E-state index contributed by atoms with van der Waals surface area (Å²) in [6.07, 6.45) is 7.09. The van der Waals surface area contributed by atoms with Crippen LogP contribution in [0, 0.1) is 30.6 Å². The van der Waals surface area contributed by atoms with Crippen molar-refractivity contribution in [3.8, 4) is 17.2 Å². The third-order valence-corrected chi connectivity index (χ3v) is 13.0. The number of methoxy groups -OCH3 is 1. The molecule has 7 bridgehead atoms. The predicted octanol–water partition coefficient (Wildman–Crippen LogP) is 9.05. The number of Topliss-reactive ketones (excluding diaryl/α,β-unsaturated/α-hetero) is 1. The number of carbonyl (C=O) groups is 2. The fourth-order valence-electron chi connectivity index (χ4n) is 9.24. The number of amides is 1. The van der Waals surface area contributed by atoms with E-state index in [0.717, 1.165) is 0 Å². The number of hydrogen-bond acceptors (Lipinski definition) is 15. The number of allylic oxidation sites excluding steroid dienone is 2. The van der Waals surface area contributed by atoms with Crippen LogP contribution in [0.2, 0.25) is 0 Å².